The summed E-state index contributed by atoms with van der Waals surface area (Å²) in [5, 5.41) is -0.709. The molecule has 3 aromatic rings. The van der Waals surface area contributed by atoms with Crippen molar-refractivity contribution in [2.45, 2.75) is 44.7 Å². The molecule has 3 rings (SSSR count). The summed E-state index contributed by atoms with van der Waals surface area (Å²) in [4.78, 5) is 15.1. The van der Waals surface area contributed by atoms with E-state index in [1.54, 1.807) is 6.07 Å². The van der Waals surface area contributed by atoms with Crippen LogP contribution in [0.15, 0.2) is 72.9 Å². The molecule has 0 radical (unpaired) electrons. The number of carbonyl (C=O) groups excluding carboxylic acids is 1. The van der Waals surface area contributed by atoms with Crippen LogP contribution in [-0.4, -0.2) is 21.9 Å². The molecule has 30 heavy (non-hydrogen) atoms. The normalized spacial score (nSPS) is 12.0. The van der Waals surface area contributed by atoms with Crippen LogP contribution >= 0.6 is 11.6 Å². The molecule has 0 saturated heterocycles. The van der Waals surface area contributed by atoms with E-state index >= 15 is 0 Å². The predicted molar refractivity (Wildman–Crippen MR) is 120 cm³/mol. The lowest BCUT2D eigenvalue weighted by Crippen LogP contribution is -2.34. The van der Waals surface area contributed by atoms with Crippen LogP contribution in [0.3, 0.4) is 0 Å². The number of aromatic nitrogens is 1. The lowest BCUT2D eigenvalue weighted by atomic mass is 10.1. The molecule has 0 unspecified atom stereocenters. The Morgan fingerprint density at radius 2 is 1.87 bits per heavy atom. The van der Waals surface area contributed by atoms with Crippen molar-refractivity contribution in [3.05, 3.63) is 95.6 Å². The highest BCUT2D eigenvalue weighted by Gasteiger charge is 2.24. The van der Waals surface area contributed by atoms with Crippen LogP contribution in [0.5, 0.6) is 0 Å². The largest absolute Gasteiger partial charge is 0.345 e. The van der Waals surface area contributed by atoms with Gasteiger partial charge in [0.2, 0.25) is 5.91 Å². The van der Waals surface area contributed by atoms with Crippen LogP contribution in [0.1, 0.15) is 48.4 Å². The SMILES string of the molecule is CCCCCN(Cc1cccn1Cc1cccc(F)c1)C(=O)[C@H](Cl)c1ccccc1. The Morgan fingerprint density at radius 1 is 1.07 bits per heavy atom. The van der Waals surface area contributed by atoms with Crippen molar-refractivity contribution in [1.29, 1.82) is 0 Å². The fourth-order valence-corrected chi connectivity index (χ4v) is 3.80. The Hall–Kier alpha value is -2.59. The molecule has 2 aromatic carbocycles. The van der Waals surface area contributed by atoms with Gasteiger partial charge in [0, 0.05) is 25.0 Å². The third kappa shape index (κ3) is 5.96. The molecule has 0 N–H and O–H groups in total. The summed E-state index contributed by atoms with van der Waals surface area (Å²) in [6, 6.07) is 20.0. The maximum atomic E-state index is 13.6. The molecular formula is C25H28ClFN2O. The van der Waals surface area contributed by atoms with Crippen molar-refractivity contribution in [2.75, 3.05) is 6.54 Å². The number of unbranched alkanes of at least 4 members (excludes halogenated alkanes) is 2. The van der Waals surface area contributed by atoms with Crippen LogP contribution in [0.25, 0.3) is 0 Å². The molecule has 1 amide bonds. The van der Waals surface area contributed by atoms with Gasteiger partial charge in [-0.3, -0.25) is 4.79 Å². The average Bonchev–Trinajstić information content (AvgIpc) is 3.19. The summed E-state index contributed by atoms with van der Waals surface area (Å²) >= 11 is 6.55. The molecule has 0 saturated carbocycles. The van der Waals surface area contributed by atoms with Gasteiger partial charge in [-0.15, -0.1) is 11.6 Å². The van der Waals surface area contributed by atoms with E-state index in [2.05, 4.69) is 11.5 Å². The van der Waals surface area contributed by atoms with E-state index in [-0.39, 0.29) is 11.7 Å². The number of carbonyl (C=O) groups is 1. The van der Waals surface area contributed by atoms with E-state index in [9.17, 15) is 9.18 Å². The third-order valence-electron chi connectivity index (χ3n) is 5.17. The fourth-order valence-electron chi connectivity index (χ4n) is 3.52. The van der Waals surface area contributed by atoms with E-state index < -0.39 is 5.38 Å². The summed E-state index contributed by atoms with van der Waals surface area (Å²) in [5.41, 5.74) is 2.69. The summed E-state index contributed by atoms with van der Waals surface area (Å²) in [5.74, 6) is -0.331. The van der Waals surface area contributed by atoms with E-state index in [4.69, 9.17) is 11.6 Å². The minimum atomic E-state index is -0.709. The van der Waals surface area contributed by atoms with E-state index in [1.165, 1.54) is 12.1 Å². The highest BCUT2D eigenvalue weighted by Crippen LogP contribution is 2.24. The second-order valence-electron chi connectivity index (χ2n) is 7.50. The summed E-state index contributed by atoms with van der Waals surface area (Å²) in [6.07, 6.45) is 5.04. The second-order valence-corrected chi connectivity index (χ2v) is 7.93. The molecular weight excluding hydrogens is 399 g/mol. The third-order valence-corrected chi connectivity index (χ3v) is 5.61. The van der Waals surface area contributed by atoms with E-state index in [0.29, 0.717) is 19.6 Å². The van der Waals surface area contributed by atoms with Gasteiger partial charge in [-0.2, -0.15) is 0 Å². The average molecular weight is 427 g/mol. The van der Waals surface area contributed by atoms with Gasteiger partial charge in [-0.1, -0.05) is 62.2 Å². The Balaban J connectivity index is 1.77. The Labute approximate surface area is 183 Å². The number of alkyl halides is 1. The van der Waals surface area contributed by atoms with Crippen molar-refractivity contribution in [1.82, 2.24) is 9.47 Å². The number of halogens is 2. The van der Waals surface area contributed by atoms with Gasteiger partial charge in [-0.05, 0) is 41.8 Å². The quantitative estimate of drug-likeness (QED) is 0.281. The van der Waals surface area contributed by atoms with Crippen LogP contribution in [-0.2, 0) is 17.9 Å². The van der Waals surface area contributed by atoms with Crippen LogP contribution in [0.4, 0.5) is 4.39 Å². The molecule has 0 aliphatic heterocycles. The van der Waals surface area contributed by atoms with Gasteiger partial charge in [0.15, 0.2) is 0 Å². The van der Waals surface area contributed by atoms with E-state index in [0.717, 1.165) is 36.1 Å². The summed E-state index contributed by atoms with van der Waals surface area (Å²) < 4.78 is 15.6. The minimum Gasteiger partial charge on any atom is -0.345 e. The second kappa shape index (κ2) is 11.0. The number of hydrogen-bond donors (Lipinski definition) is 0. The zero-order valence-corrected chi connectivity index (χ0v) is 18.1. The number of rotatable bonds is 10. The Morgan fingerprint density at radius 3 is 2.60 bits per heavy atom. The maximum absolute atomic E-state index is 13.6. The van der Waals surface area contributed by atoms with Crippen LogP contribution in [0, 0.1) is 5.82 Å². The molecule has 0 spiro atoms. The van der Waals surface area contributed by atoms with Gasteiger partial charge in [-0.25, -0.2) is 4.39 Å². The molecule has 1 aromatic heterocycles. The number of amides is 1. The number of nitrogens with zero attached hydrogens (tertiary/aromatic N) is 2. The van der Waals surface area contributed by atoms with Gasteiger partial charge in [0.25, 0.3) is 0 Å². The van der Waals surface area contributed by atoms with Crippen molar-refractivity contribution in [3.8, 4) is 0 Å². The molecule has 3 nitrogen and oxygen atoms in total. The maximum Gasteiger partial charge on any atom is 0.245 e. The first kappa shape index (κ1) is 22.1. The van der Waals surface area contributed by atoms with Crippen molar-refractivity contribution in [2.24, 2.45) is 0 Å². The lowest BCUT2D eigenvalue weighted by molar-refractivity contribution is -0.131. The van der Waals surface area contributed by atoms with Crippen LogP contribution in [0.2, 0.25) is 0 Å². The molecule has 1 atom stereocenters. The highest BCUT2D eigenvalue weighted by atomic mass is 35.5. The van der Waals surface area contributed by atoms with Crippen LogP contribution < -0.4 is 0 Å². The predicted octanol–water partition coefficient (Wildman–Crippen LogP) is 6.17. The molecule has 0 fully saturated rings. The summed E-state index contributed by atoms with van der Waals surface area (Å²) in [6.45, 7) is 3.83. The fraction of sp³-hybridized carbons (Fsp3) is 0.320. The molecule has 1 heterocycles. The minimum absolute atomic E-state index is 0.0857. The molecule has 158 valence electrons. The van der Waals surface area contributed by atoms with Gasteiger partial charge in [0.1, 0.15) is 11.2 Å². The summed E-state index contributed by atoms with van der Waals surface area (Å²) in [7, 11) is 0. The Bertz CT molecular complexity index is 941. The first-order valence-corrected chi connectivity index (χ1v) is 10.9. The molecule has 0 aliphatic carbocycles. The number of benzene rings is 2. The standard InChI is InChI=1S/C25H28ClFN2O/c1-2-3-7-15-29(25(30)24(26)21-11-5-4-6-12-21)19-23-14-9-16-28(23)18-20-10-8-13-22(27)17-20/h4-6,8-14,16-17,24H,2-3,7,15,18-19H2,1H3/t24-/m1/s1. The molecule has 5 heteroatoms. The zero-order chi connectivity index (χ0) is 21.3. The monoisotopic (exact) mass is 426 g/mol. The van der Waals surface area contributed by atoms with Gasteiger partial charge < -0.3 is 9.47 Å². The topological polar surface area (TPSA) is 25.2 Å². The first-order chi connectivity index (χ1) is 14.6. The van der Waals surface area contributed by atoms with Gasteiger partial charge >= 0.3 is 0 Å². The van der Waals surface area contributed by atoms with Crippen molar-refractivity contribution >= 4 is 17.5 Å². The first-order valence-electron chi connectivity index (χ1n) is 10.4. The van der Waals surface area contributed by atoms with Crippen molar-refractivity contribution in [3.63, 3.8) is 0 Å². The molecule has 0 aliphatic rings. The van der Waals surface area contributed by atoms with Crippen molar-refractivity contribution < 1.29 is 9.18 Å². The smallest absolute Gasteiger partial charge is 0.245 e. The lowest BCUT2D eigenvalue weighted by Gasteiger charge is -2.26. The number of hydrogen-bond acceptors (Lipinski definition) is 1. The Kier molecular flexibility index (Phi) is 8.09. The van der Waals surface area contributed by atoms with Gasteiger partial charge in [0.05, 0.1) is 6.54 Å². The molecule has 0 bridgehead atoms. The van der Waals surface area contributed by atoms with E-state index in [1.807, 2.05) is 59.6 Å². The highest BCUT2D eigenvalue weighted by molar-refractivity contribution is 6.30. The zero-order valence-electron chi connectivity index (χ0n) is 17.3.